The third-order valence-corrected chi connectivity index (χ3v) is 2.71. The topological polar surface area (TPSA) is 37.3 Å². The van der Waals surface area contributed by atoms with E-state index in [-0.39, 0.29) is 13.3 Å². The van der Waals surface area contributed by atoms with Crippen LogP contribution in [-0.4, -0.2) is 11.1 Å². The maximum Gasteiger partial charge on any atom is 0.306 e. The van der Waals surface area contributed by atoms with Gasteiger partial charge in [-0.2, -0.15) is 0 Å². The first-order valence-corrected chi connectivity index (χ1v) is 4.46. The molecule has 1 saturated carbocycles. The predicted molar refractivity (Wildman–Crippen MR) is 50.1 cm³/mol. The van der Waals surface area contributed by atoms with E-state index in [1.807, 2.05) is 0 Å². The minimum Gasteiger partial charge on any atom is -0.481 e. The van der Waals surface area contributed by atoms with E-state index in [1.54, 1.807) is 0 Å². The zero-order chi connectivity index (χ0) is 8.27. The Kier molecular flexibility index (Phi) is 4.95. The maximum atomic E-state index is 10.6. The quantitative estimate of drug-likeness (QED) is 0.695. The lowest BCUT2D eigenvalue weighted by molar-refractivity contribution is -0.143. The number of carbonyl (C=O) groups is 1. The molecule has 2 unspecified atom stereocenters. The first kappa shape index (κ1) is 11.5. The van der Waals surface area contributed by atoms with Crippen LogP contribution in [0.15, 0.2) is 0 Å². The zero-order valence-electron chi connectivity index (χ0n) is 7.05. The molecule has 1 fully saturated rings. The molecule has 0 aromatic rings. The molecule has 1 aliphatic carbocycles. The average molecular weight is 172 g/mol. The highest BCUT2D eigenvalue weighted by Crippen LogP contribution is 2.30. The summed E-state index contributed by atoms with van der Waals surface area (Å²) in [5, 5.41) is 8.75. The summed E-state index contributed by atoms with van der Waals surface area (Å²) in [4.78, 5) is 10.6. The largest absolute Gasteiger partial charge is 0.481 e. The second-order valence-electron chi connectivity index (χ2n) is 3.48. The number of carboxylic acid groups (broad SMARTS) is 1. The van der Waals surface area contributed by atoms with Crippen LogP contribution in [0.25, 0.3) is 0 Å². The number of hydrogen-bond donors (Lipinski definition) is 1. The summed E-state index contributed by atoms with van der Waals surface area (Å²) in [6, 6.07) is 0. The van der Waals surface area contributed by atoms with Crippen molar-refractivity contribution >= 4 is 5.97 Å². The fraction of sp³-hybridized carbons (Fsp3) is 0.900. The van der Waals surface area contributed by atoms with Crippen LogP contribution in [0.2, 0.25) is 0 Å². The van der Waals surface area contributed by atoms with E-state index in [4.69, 9.17) is 5.11 Å². The van der Waals surface area contributed by atoms with Crippen LogP contribution < -0.4 is 0 Å². The molecule has 0 bridgehead atoms. The summed E-state index contributed by atoms with van der Waals surface area (Å²) in [7, 11) is 0. The Morgan fingerprint density at radius 2 is 2.17 bits per heavy atom. The van der Waals surface area contributed by atoms with Crippen LogP contribution in [0.4, 0.5) is 0 Å². The molecule has 2 atom stereocenters. The van der Waals surface area contributed by atoms with Crippen molar-refractivity contribution in [3.05, 3.63) is 0 Å². The summed E-state index contributed by atoms with van der Waals surface area (Å²) in [6.45, 7) is 2.15. The highest BCUT2D eigenvalue weighted by Gasteiger charge is 2.25. The molecule has 72 valence electrons. The fourth-order valence-electron chi connectivity index (χ4n) is 1.89. The summed E-state index contributed by atoms with van der Waals surface area (Å²) in [6.07, 6.45) is 5.29. The van der Waals surface area contributed by atoms with E-state index in [1.165, 1.54) is 6.42 Å². The molecule has 0 aliphatic heterocycles. The molecule has 2 nitrogen and oxygen atoms in total. The first-order valence-electron chi connectivity index (χ1n) is 4.46. The molecular formula is C10H20O2. The Labute approximate surface area is 75.0 Å². The van der Waals surface area contributed by atoms with Crippen molar-refractivity contribution in [2.45, 2.75) is 46.5 Å². The second-order valence-corrected chi connectivity index (χ2v) is 3.48. The minimum absolute atomic E-state index is 0. The van der Waals surface area contributed by atoms with Gasteiger partial charge in [0.2, 0.25) is 0 Å². The molecule has 0 aromatic carbocycles. The van der Waals surface area contributed by atoms with Gasteiger partial charge in [0.1, 0.15) is 0 Å². The Morgan fingerprint density at radius 1 is 1.50 bits per heavy atom. The third-order valence-electron chi connectivity index (χ3n) is 2.71. The highest BCUT2D eigenvalue weighted by atomic mass is 16.4. The summed E-state index contributed by atoms with van der Waals surface area (Å²) < 4.78 is 0. The van der Waals surface area contributed by atoms with Crippen LogP contribution in [0.1, 0.15) is 46.5 Å². The molecule has 1 rings (SSSR count). The molecular weight excluding hydrogens is 152 g/mol. The monoisotopic (exact) mass is 172 g/mol. The van der Waals surface area contributed by atoms with Crippen molar-refractivity contribution in [3.63, 3.8) is 0 Å². The van der Waals surface area contributed by atoms with E-state index in [2.05, 4.69) is 6.92 Å². The molecule has 2 heteroatoms. The van der Waals surface area contributed by atoms with Crippen LogP contribution in [0, 0.1) is 11.8 Å². The number of carboxylic acids is 1. The van der Waals surface area contributed by atoms with Gasteiger partial charge in [0.05, 0.1) is 5.92 Å². The molecule has 0 radical (unpaired) electrons. The lowest BCUT2D eigenvalue weighted by Crippen LogP contribution is -2.22. The normalized spacial score (nSPS) is 29.1. The summed E-state index contributed by atoms with van der Waals surface area (Å²) in [5.41, 5.74) is 0. The van der Waals surface area contributed by atoms with E-state index >= 15 is 0 Å². The first-order chi connectivity index (χ1) is 5.24. The van der Waals surface area contributed by atoms with E-state index in [0.29, 0.717) is 5.92 Å². The number of hydrogen-bond acceptors (Lipinski definition) is 1. The number of rotatable bonds is 2. The second kappa shape index (κ2) is 5.18. The summed E-state index contributed by atoms with van der Waals surface area (Å²) in [5.74, 6) is 0.0294. The lowest BCUT2D eigenvalue weighted by atomic mass is 9.80. The van der Waals surface area contributed by atoms with E-state index < -0.39 is 5.97 Å². The van der Waals surface area contributed by atoms with Crippen LogP contribution in [0.5, 0.6) is 0 Å². The van der Waals surface area contributed by atoms with Gasteiger partial charge in [0.15, 0.2) is 0 Å². The fourth-order valence-corrected chi connectivity index (χ4v) is 1.89. The molecule has 0 saturated heterocycles. The third kappa shape index (κ3) is 2.84. The highest BCUT2D eigenvalue weighted by molar-refractivity contribution is 5.70. The predicted octanol–water partition coefficient (Wildman–Crippen LogP) is 2.92. The molecule has 12 heavy (non-hydrogen) atoms. The maximum absolute atomic E-state index is 10.6. The van der Waals surface area contributed by atoms with Gasteiger partial charge in [0.25, 0.3) is 0 Å². The smallest absolute Gasteiger partial charge is 0.306 e. The van der Waals surface area contributed by atoms with E-state index in [0.717, 1.165) is 25.7 Å². The van der Waals surface area contributed by atoms with Crippen LogP contribution in [0.3, 0.4) is 0 Å². The van der Waals surface area contributed by atoms with Gasteiger partial charge in [-0.1, -0.05) is 33.6 Å². The summed E-state index contributed by atoms with van der Waals surface area (Å²) >= 11 is 0. The Morgan fingerprint density at radius 3 is 2.67 bits per heavy atom. The van der Waals surface area contributed by atoms with Crippen LogP contribution >= 0.6 is 0 Å². The van der Waals surface area contributed by atoms with Crippen LogP contribution in [-0.2, 0) is 4.79 Å². The molecule has 0 aromatic heterocycles. The standard InChI is InChI=1S/C9H16O2.CH4/c1-2-7-4-3-5-8(6-7)9(10)11;/h7-8H,2-6H2,1H3,(H,10,11);1H4. The van der Waals surface area contributed by atoms with Gasteiger partial charge >= 0.3 is 5.97 Å². The van der Waals surface area contributed by atoms with Crippen molar-refractivity contribution in [1.82, 2.24) is 0 Å². The van der Waals surface area contributed by atoms with Crippen molar-refractivity contribution < 1.29 is 9.90 Å². The van der Waals surface area contributed by atoms with Gasteiger partial charge < -0.3 is 5.11 Å². The van der Waals surface area contributed by atoms with Crippen molar-refractivity contribution in [3.8, 4) is 0 Å². The molecule has 0 heterocycles. The van der Waals surface area contributed by atoms with E-state index in [9.17, 15) is 4.79 Å². The van der Waals surface area contributed by atoms with Crippen molar-refractivity contribution in [2.75, 3.05) is 0 Å². The average Bonchev–Trinajstić information content (AvgIpc) is 2.05. The van der Waals surface area contributed by atoms with Gasteiger partial charge in [-0.15, -0.1) is 0 Å². The Bertz CT molecular complexity index is 143. The molecule has 1 aliphatic rings. The zero-order valence-corrected chi connectivity index (χ0v) is 7.05. The van der Waals surface area contributed by atoms with Gasteiger partial charge in [-0.3, -0.25) is 4.79 Å². The molecule has 0 spiro atoms. The minimum atomic E-state index is -0.594. The lowest BCUT2D eigenvalue weighted by Gasteiger charge is -2.25. The Balaban J connectivity index is 0.00000121. The van der Waals surface area contributed by atoms with Gasteiger partial charge in [0, 0.05) is 0 Å². The van der Waals surface area contributed by atoms with Gasteiger partial charge in [-0.05, 0) is 18.8 Å². The molecule has 0 amide bonds. The molecule has 1 N–H and O–H groups in total. The Hall–Kier alpha value is -0.530. The number of aliphatic carboxylic acids is 1. The van der Waals surface area contributed by atoms with Crippen molar-refractivity contribution in [1.29, 1.82) is 0 Å². The SMILES string of the molecule is C.CCC1CCCC(C(=O)O)C1. The van der Waals surface area contributed by atoms with Gasteiger partial charge in [-0.25, -0.2) is 0 Å². The van der Waals surface area contributed by atoms with Crippen molar-refractivity contribution in [2.24, 2.45) is 11.8 Å².